The highest BCUT2D eigenvalue weighted by atomic mass is 32.2. The van der Waals surface area contributed by atoms with Crippen molar-refractivity contribution in [3.8, 4) is 0 Å². The number of amides is 1. The fourth-order valence-electron chi connectivity index (χ4n) is 2.73. The molecule has 0 aliphatic carbocycles. The Labute approximate surface area is 164 Å². The second-order valence-electron chi connectivity index (χ2n) is 5.60. The molecule has 2 aromatic rings. The fraction of sp³-hybridized carbons (Fsp3) is 0.222. The molecular formula is C18H16N2O3S3. The van der Waals surface area contributed by atoms with E-state index in [-0.39, 0.29) is 10.2 Å². The fourth-order valence-corrected chi connectivity index (χ4v) is 4.53. The molecule has 1 N–H and O–H groups in total. The lowest BCUT2D eigenvalue weighted by Gasteiger charge is -2.22. The number of rotatable bonds is 6. The zero-order chi connectivity index (χ0) is 18.7. The number of nitrogens with zero attached hydrogens (tertiary/aromatic N) is 2. The normalized spacial score (nSPS) is 17.3. The van der Waals surface area contributed by atoms with Gasteiger partial charge in [0.2, 0.25) is 0 Å². The van der Waals surface area contributed by atoms with Crippen LogP contribution < -0.4 is 0 Å². The van der Waals surface area contributed by atoms with Crippen LogP contribution in [0.4, 0.5) is 0 Å². The van der Waals surface area contributed by atoms with E-state index in [0.29, 0.717) is 17.1 Å². The maximum absolute atomic E-state index is 12.8. The first-order valence-corrected chi connectivity index (χ1v) is 10.5. The summed E-state index contributed by atoms with van der Waals surface area (Å²) < 4.78 is 0.285. The predicted molar refractivity (Wildman–Crippen MR) is 111 cm³/mol. The second-order valence-corrected chi connectivity index (χ2v) is 8.27. The second kappa shape index (κ2) is 8.20. The molecule has 1 saturated heterocycles. The van der Waals surface area contributed by atoms with E-state index in [2.05, 4.69) is 4.98 Å². The summed E-state index contributed by atoms with van der Waals surface area (Å²) in [5.41, 5.74) is 1.69. The number of aliphatic carboxylic acids is 1. The van der Waals surface area contributed by atoms with Gasteiger partial charge in [0.15, 0.2) is 0 Å². The van der Waals surface area contributed by atoms with Crippen molar-refractivity contribution in [2.45, 2.75) is 12.5 Å². The number of carboxylic acid groups (broad SMARTS) is 1. The molecule has 1 aliphatic heterocycles. The van der Waals surface area contributed by atoms with Gasteiger partial charge in [0.05, 0.1) is 10.4 Å². The van der Waals surface area contributed by atoms with Crippen molar-refractivity contribution in [1.29, 1.82) is 0 Å². The van der Waals surface area contributed by atoms with Crippen molar-refractivity contribution in [3.05, 3.63) is 47.0 Å². The van der Waals surface area contributed by atoms with E-state index < -0.39 is 12.0 Å². The number of carbonyl (C=O) groups is 2. The number of aromatic nitrogens is 1. The van der Waals surface area contributed by atoms with Gasteiger partial charge in [-0.05, 0) is 42.2 Å². The van der Waals surface area contributed by atoms with E-state index in [1.807, 2.05) is 36.6 Å². The Morgan fingerprint density at radius 1 is 1.42 bits per heavy atom. The minimum atomic E-state index is -1.04. The van der Waals surface area contributed by atoms with Gasteiger partial charge in [-0.25, -0.2) is 4.79 Å². The molecule has 5 nitrogen and oxygen atoms in total. The van der Waals surface area contributed by atoms with Gasteiger partial charge < -0.3 is 5.11 Å². The number of hydrogen-bond acceptors (Lipinski definition) is 6. The lowest BCUT2D eigenvalue weighted by molar-refractivity contribution is -0.145. The number of thiocarbonyl (C=S) groups is 1. The lowest BCUT2D eigenvalue weighted by atomic mass is 10.1. The van der Waals surface area contributed by atoms with E-state index in [1.54, 1.807) is 24.0 Å². The number of thioether (sulfide) groups is 2. The van der Waals surface area contributed by atoms with Crippen molar-refractivity contribution in [2.24, 2.45) is 0 Å². The molecule has 2 heterocycles. The number of fused-ring (bicyclic) bond motifs is 1. The van der Waals surface area contributed by atoms with Crippen LogP contribution in [0.2, 0.25) is 0 Å². The Hall–Kier alpha value is -1.90. The summed E-state index contributed by atoms with van der Waals surface area (Å²) in [5, 5.41) is 10.4. The molecule has 0 spiro atoms. The number of pyridine rings is 1. The van der Waals surface area contributed by atoms with E-state index in [4.69, 9.17) is 12.2 Å². The Morgan fingerprint density at radius 3 is 2.92 bits per heavy atom. The van der Waals surface area contributed by atoms with Gasteiger partial charge in [0.25, 0.3) is 5.91 Å². The molecule has 0 saturated carbocycles. The molecule has 8 heteroatoms. The van der Waals surface area contributed by atoms with E-state index >= 15 is 0 Å². The van der Waals surface area contributed by atoms with Crippen LogP contribution in [-0.4, -0.2) is 49.2 Å². The third-order valence-corrected chi connectivity index (χ3v) is 5.96. The smallest absolute Gasteiger partial charge is 0.326 e. The molecule has 134 valence electrons. The van der Waals surface area contributed by atoms with E-state index in [9.17, 15) is 14.7 Å². The summed E-state index contributed by atoms with van der Waals surface area (Å²) in [6, 6.07) is 8.55. The largest absolute Gasteiger partial charge is 0.480 e. The summed E-state index contributed by atoms with van der Waals surface area (Å²) >= 11 is 7.98. The monoisotopic (exact) mass is 404 g/mol. The third kappa shape index (κ3) is 3.77. The number of carbonyl (C=O) groups excluding carboxylic acids is 1. The first-order chi connectivity index (χ1) is 12.5. The Kier molecular flexibility index (Phi) is 5.95. The van der Waals surface area contributed by atoms with Crippen LogP contribution >= 0.6 is 35.7 Å². The van der Waals surface area contributed by atoms with Crippen LogP contribution in [0, 0.1) is 0 Å². The van der Waals surface area contributed by atoms with Gasteiger partial charge in [-0.1, -0.05) is 42.2 Å². The molecule has 3 rings (SSSR count). The average molecular weight is 405 g/mol. The van der Waals surface area contributed by atoms with Crippen LogP contribution in [0.15, 0.2) is 41.4 Å². The van der Waals surface area contributed by atoms with Crippen molar-refractivity contribution in [1.82, 2.24) is 9.88 Å². The SMILES string of the molecule is CSCC[C@@H](C(=O)O)N1C(=O)/C(=C/c2ccnc3ccccc23)SC1=S. The van der Waals surface area contributed by atoms with Crippen LogP contribution in [0.1, 0.15) is 12.0 Å². The summed E-state index contributed by atoms with van der Waals surface area (Å²) in [6.07, 6.45) is 5.70. The molecule has 1 aliphatic rings. The molecule has 1 fully saturated rings. The highest BCUT2D eigenvalue weighted by molar-refractivity contribution is 8.26. The molecule has 26 heavy (non-hydrogen) atoms. The Bertz CT molecular complexity index is 908. The van der Waals surface area contributed by atoms with Crippen LogP contribution in [0.5, 0.6) is 0 Å². The van der Waals surface area contributed by atoms with Crippen molar-refractivity contribution >= 4 is 68.9 Å². The highest BCUT2D eigenvalue weighted by Gasteiger charge is 2.40. The minimum Gasteiger partial charge on any atom is -0.480 e. The zero-order valence-corrected chi connectivity index (χ0v) is 16.4. The topological polar surface area (TPSA) is 70.5 Å². The minimum absolute atomic E-state index is 0.285. The Balaban J connectivity index is 1.95. The molecule has 1 amide bonds. The summed E-state index contributed by atoms with van der Waals surface area (Å²) in [4.78, 5) is 30.4. The number of para-hydroxylation sites is 1. The molecule has 1 aromatic heterocycles. The summed E-state index contributed by atoms with van der Waals surface area (Å²) in [5.74, 6) is -0.748. The summed E-state index contributed by atoms with van der Waals surface area (Å²) in [7, 11) is 0. The van der Waals surface area contributed by atoms with Gasteiger partial charge in [-0.2, -0.15) is 11.8 Å². The molecule has 0 bridgehead atoms. The van der Waals surface area contributed by atoms with Gasteiger partial charge in [0.1, 0.15) is 10.4 Å². The van der Waals surface area contributed by atoms with Crippen molar-refractivity contribution in [2.75, 3.05) is 12.0 Å². The van der Waals surface area contributed by atoms with Gasteiger partial charge in [-0.3, -0.25) is 14.7 Å². The lowest BCUT2D eigenvalue weighted by Crippen LogP contribution is -2.44. The molecule has 1 aromatic carbocycles. The number of hydrogen-bond donors (Lipinski definition) is 1. The predicted octanol–water partition coefficient (Wildman–Crippen LogP) is 3.64. The van der Waals surface area contributed by atoms with E-state index in [1.165, 1.54) is 4.90 Å². The molecular weight excluding hydrogens is 388 g/mol. The highest BCUT2D eigenvalue weighted by Crippen LogP contribution is 2.35. The van der Waals surface area contributed by atoms with Crippen molar-refractivity contribution < 1.29 is 14.7 Å². The first kappa shape index (κ1) is 18.9. The van der Waals surface area contributed by atoms with Crippen molar-refractivity contribution in [3.63, 3.8) is 0 Å². The first-order valence-electron chi connectivity index (χ1n) is 7.85. The van der Waals surface area contributed by atoms with Crippen LogP contribution in [-0.2, 0) is 9.59 Å². The van der Waals surface area contributed by atoms with Gasteiger partial charge >= 0.3 is 5.97 Å². The Morgan fingerprint density at radius 2 is 2.19 bits per heavy atom. The zero-order valence-electron chi connectivity index (χ0n) is 13.9. The van der Waals surface area contributed by atoms with Crippen LogP contribution in [0.25, 0.3) is 17.0 Å². The molecule has 0 unspecified atom stereocenters. The van der Waals surface area contributed by atoms with Gasteiger partial charge in [0, 0.05) is 11.6 Å². The molecule has 1 atom stereocenters. The summed E-state index contributed by atoms with van der Waals surface area (Å²) in [6.45, 7) is 0. The quantitative estimate of drug-likeness (QED) is 0.582. The van der Waals surface area contributed by atoms with Crippen LogP contribution in [0.3, 0.4) is 0 Å². The maximum Gasteiger partial charge on any atom is 0.326 e. The number of benzene rings is 1. The maximum atomic E-state index is 12.8. The number of carboxylic acids is 1. The molecule has 0 radical (unpaired) electrons. The standard InChI is InChI=1S/C18H16N2O3S3/c1-25-9-7-14(17(22)23)20-16(21)15(26-18(20)24)10-11-6-8-19-13-5-3-2-4-12(11)13/h2-6,8,10,14H,7,9H2,1H3,(H,22,23)/b15-10-/t14-/m0/s1. The van der Waals surface area contributed by atoms with E-state index in [0.717, 1.165) is 28.2 Å². The average Bonchev–Trinajstić information content (AvgIpc) is 2.90. The van der Waals surface area contributed by atoms with Gasteiger partial charge in [-0.15, -0.1) is 0 Å². The third-order valence-electron chi connectivity index (χ3n) is 3.99.